The first-order chi connectivity index (χ1) is 16.1. The van der Waals surface area contributed by atoms with Gasteiger partial charge in [-0.25, -0.2) is 22.5 Å². The predicted molar refractivity (Wildman–Crippen MR) is 119 cm³/mol. The molecule has 1 atom stereocenters. The number of carboxylic acid groups (broad SMARTS) is 1. The van der Waals surface area contributed by atoms with E-state index in [0.717, 1.165) is 6.26 Å². The summed E-state index contributed by atoms with van der Waals surface area (Å²) in [6.07, 6.45) is 6.00. The predicted octanol–water partition coefficient (Wildman–Crippen LogP) is 2.30. The van der Waals surface area contributed by atoms with E-state index in [0.29, 0.717) is 16.6 Å². The molecule has 0 saturated carbocycles. The number of sulfone groups is 1. The fourth-order valence-corrected chi connectivity index (χ4v) is 4.02. The number of nitrogens with one attached hydrogen (secondary N) is 1. The maximum absolute atomic E-state index is 13.3. The van der Waals surface area contributed by atoms with Crippen LogP contribution >= 0.6 is 0 Å². The number of hydrogen-bond donors (Lipinski definition) is 2. The van der Waals surface area contributed by atoms with Crippen LogP contribution in [-0.2, 0) is 14.6 Å². The molecule has 3 heterocycles. The Labute approximate surface area is 193 Å². The number of carbonyl (C=O) groups is 2. The Balaban J connectivity index is 1.69. The number of hydrogen-bond acceptors (Lipinski definition) is 7. The molecule has 10 nitrogen and oxygen atoms in total. The molecule has 0 spiro atoms. The number of aromatic nitrogens is 4. The third-order valence-electron chi connectivity index (χ3n) is 5.04. The molecule has 34 heavy (non-hydrogen) atoms. The summed E-state index contributed by atoms with van der Waals surface area (Å²) < 4.78 is 38.5. The third kappa shape index (κ3) is 4.76. The molecule has 174 valence electrons. The van der Waals surface area contributed by atoms with Crippen molar-refractivity contribution in [1.82, 2.24) is 25.1 Å². The van der Waals surface area contributed by atoms with Crippen molar-refractivity contribution in [3.05, 3.63) is 78.1 Å². The van der Waals surface area contributed by atoms with E-state index in [2.05, 4.69) is 20.4 Å². The number of nitrogens with zero attached hydrogens (tertiary/aromatic N) is 4. The Morgan fingerprint density at radius 1 is 1.15 bits per heavy atom. The standard InChI is InChI=1S/C22H18FN5O5S/c1-34(32,33)20-8-13(6-7-25-20)18(9-21(29)30)27-22(31)17-10-24-12-19-16(17)11-26-28(19)15-4-2-14(23)3-5-15/h2-8,10-12,18H,9H2,1H3,(H,27,31)(H,29,30). The molecule has 0 saturated heterocycles. The average molecular weight is 483 g/mol. The molecule has 0 fully saturated rings. The van der Waals surface area contributed by atoms with Crippen molar-refractivity contribution in [2.45, 2.75) is 17.5 Å². The normalized spacial score (nSPS) is 12.4. The van der Waals surface area contributed by atoms with Gasteiger partial charge in [-0.2, -0.15) is 5.10 Å². The van der Waals surface area contributed by atoms with E-state index in [9.17, 15) is 27.5 Å². The van der Waals surface area contributed by atoms with Gasteiger partial charge in [0.15, 0.2) is 14.9 Å². The van der Waals surface area contributed by atoms with Gasteiger partial charge in [0.25, 0.3) is 5.91 Å². The molecule has 0 bridgehead atoms. The number of amides is 1. The zero-order chi connectivity index (χ0) is 24.5. The fourth-order valence-electron chi connectivity index (χ4n) is 3.42. The van der Waals surface area contributed by atoms with Crippen molar-refractivity contribution in [2.75, 3.05) is 6.26 Å². The van der Waals surface area contributed by atoms with Crippen LogP contribution in [0.25, 0.3) is 16.6 Å². The van der Waals surface area contributed by atoms with E-state index in [-0.39, 0.29) is 16.2 Å². The first-order valence-electron chi connectivity index (χ1n) is 9.90. The summed E-state index contributed by atoms with van der Waals surface area (Å²) in [7, 11) is -3.64. The van der Waals surface area contributed by atoms with Crippen LogP contribution < -0.4 is 5.32 Å². The average Bonchev–Trinajstić information content (AvgIpc) is 3.22. The minimum atomic E-state index is -3.64. The number of halogens is 1. The molecule has 12 heteroatoms. The Kier molecular flexibility index (Phi) is 6.07. The van der Waals surface area contributed by atoms with Crippen LogP contribution in [0.15, 0.2) is 66.2 Å². The Hall–Kier alpha value is -4.19. The molecule has 4 aromatic rings. The highest BCUT2D eigenvalue weighted by Crippen LogP contribution is 2.24. The number of carboxylic acids is 1. The van der Waals surface area contributed by atoms with Gasteiger partial charge < -0.3 is 10.4 Å². The van der Waals surface area contributed by atoms with Crippen molar-refractivity contribution < 1.29 is 27.5 Å². The first-order valence-corrected chi connectivity index (χ1v) is 11.8. The number of benzene rings is 1. The Bertz CT molecular complexity index is 1500. The smallest absolute Gasteiger partial charge is 0.305 e. The number of rotatable bonds is 7. The van der Waals surface area contributed by atoms with Gasteiger partial charge in [-0.1, -0.05) is 0 Å². The van der Waals surface area contributed by atoms with E-state index >= 15 is 0 Å². The van der Waals surface area contributed by atoms with Crippen LogP contribution in [0.4, 0.5) is 4.39 Å². The maximum Gasteiger partial charge on any atom is 0.305 e. The van der Waals surface area contributed by atoms with Crippen LogP contribution in [0.5, 0.6) is 0 Å². The molecule has 1 amide bonds. The van der Waals surface area contributed by atoms with E-state index in [4.69, 9.17) is 0 Å². The van der Waals surface area contributed by atoms with Gasteiger partial charge in [0.1, 0.15) is 5.82 Å². The summed E-state index contributed by atoms with van der Waals surface area (Å²) in [5, 5.41) is 16.5. The van der Waals surface area contributed by atoms with Crippen LogP contribution in [0.1, 0.15) is 28.4 Å². The summed E-state index contributed by atoms with van der Waals surface area (Å²) in [6, 6.07) is 7.25. The van der Waals surface area contributed by atoms with Gasteiger partial charge in [-0.3, -0.25) is 14.6 Å². The van der Waals surface area contributed by atoms with Gasteiger partial charge in [-0.05, 0) is 42.0 Å². The second-order valence-electron chi connectivity index (χ2n) is 7.48. The van der Waals surface area contributed by atoms with Gasteiger partial charge in [-0.15, -0.1) is 0 Å². The first kappa shape index (κ1) is 23.0. The van der Waals surface area contributed by atoms with Gasteiger partial charge in [0.2, 0.25) is 0 Å². The minimum Gasteiger partial charge on any atom is -0.481 e. The highest BCUT2D eigenvalue weighted by Gasteiger charge is 2.23. The summed E-state index contributed by atoms with van der Waals surface area (Å²) in [6.45, 7) is 0. The molecule has 1 aromatic carbocycles. The topological polar surface area (TPSA) is 144 Å². The SMILES string of the molecule is CS(=O)(=O)c1cc(C(CC(=O)O)NC(=O)c2cncc3c2cnn3-c2ccc(F)cc2)ccn1. The molecular formula is C22H18FN5O5S. The molecule has 0 radical (unpaired) electrons. The maximum atomic E-state index is 13.3. The molecule has 1 unspecified atom stereocenters. The molecular weight excluding hydrogens is 465 g/mol. The van der Waals surface area contributed by atoms with Crippen LogP contribution in [0.3, 0.4) is 0 Å². The lowest BCUT2D eigenvalue weighted by molar-refractivity contribution is -0.137. The Morgan fingerprint density at radius 2 is 1.88 bits per heavy atom. The number of carbonyl (C=O) groups excluding carboxylic acids is 1. The van der Waals surface area contributed by atoms with Crippen molar-refractivity contribution in [3.8, 4) is 5.69 Å². The second kappa shape index (κ2) is 8.98. The summed E-state index contributed by atoms with van der Waals surface area (Å²) in [4.78, 5) is 32.5. The molecule has 0 aliphatic heterocycles. The molecule has 0 aliphatic rings. The van der Waals surface area contributed by atoms with Gasteiger partial charge >= 0.3 is 5.97 Å². The number of aliphatic carboxylic acids is 1. The number of pyridine rings is 2. The van der Waals surface area contributed by atoms with Crippen LogP contribution in [0, 0.1) is 5.82 Å². The highest BCUT2D eigenvalue weighted by molar-refractivity contribution is 7.90. The minimum absolute atomic E-state index is 0.138. The molecule has 2 N–H and O–H groups in total. The molecule has 3 aromatic heterocycles. The third-order valence-corrected chi connectivity index (χ3v) is 6.02. The lowest BCUT2D eigenvalue weighted by Gasteiger charge is -2.18. The van der Waals surface area contributed by atoms with Crippen molar-refractivity contribution in [1.29, 1.82) is 0 Å². The summed E-state index contributed by atoms with van der Waals surface area (Å²) in [5.74, 6) is -2.22. The molecule has 0 aliphatic carbocycles. The lowest BCUT2D eigenvalue weighted by atomic mass is 10.0. The summed E-state index contributed by atoms with van der Waals surface area (Å²) >= 11 is 0. The van der Waals surface area contributed by atoms with E-state index in [1.807, 2.05) is 0 Å². The number of fused-ring (bicyclic) bond motifs is 1. The largest absolute Gasteiger partial charge is 0.481 e. The van der Waals surface area contributed by atoms with E-state index < -0.39 is 40.0 Å². The monoisotopic (exact) mass is 483 g/mol. The zero-order valence-corrected chi connectivity index (χ0v) is 18.5. The van der Waals surface area contributed by atoms with Gasteiger partial charge in [0, 0.05) is 24.0 Å². The highest BCUT2D eigenvalue weighted by atomic mass is 32.2. The van der Waals surface area contributed by atoms with Crippen LogP contribution in [0.2, 0.25) is 0 Å². The fraction of sp³-hybridized carbons (Fsp3) is 0.136. The Morgan fingerprint density at radius 3 is 2.56 bits per heavy atom. The van der Waals surface area contributed by atoms with E-state index in [1.165, 1.54) is 65.9 Å². The summed E-state index contributed by atoms with van der Waals surface area (Å²) in [5.41, 5.74) is 1.45. The van der Waals surface area contributed by atoms with Crippen molar-refractivity contribution in [2.24, 2.45) is 0 Å². The van der Waals surface area contributed by atoms with Crippen molar-refractivity contribution >= 4 is 32.6 Å². The quantitative estimate of drug-likeness (QED) is 0.407. The second-order valence-corrected chi connectivity index (χ2v) is 9.44. The van der Waals surface area contributed by atoms with E-state index in [1.54, 1.807) is 0 Å². The zero-order valence-electron chi connectivity index (χ0n) is 17.7. The van der Waals surface area contributed by atoms with Gasteiger partial charge in [0.05, 0.1) is 41.6 Å². The lowest BCUT2D eigenvalue weighted by Crippen LogP contribution is -2.30. The van der Waals surface area contributed by atoms with Crippen LogP contribution in [-0.4, -0.2) is 51.4 Å². The molecule has 4 rings (SSSR count). The van der Waals surface area contributed by atoms with Crippen molar-refractivity contribution in [3.63, 3.8) is 0 Å².